The molecule has 0 unspecified atom stereocenters. The maximum atomic E-state index is 8.56. The Balaban J connectivity index is 0. The van der Waals surface area contributed by atoms with Crippen LogP contribution in [0.2, 0.25) is 0 Å². The van der Waals surface area contributed by atoms with Crippen LogP contribution in [0.1, 0.15) is 0 Å². The van der Waals surface area contributed by atoms with Gasteiger partial charge in [0.15, 0.2) is 0 Å². The van der Waals surface area contributed by atoms with Crippen molar-refractivity contribution in [3.05, 3.63) is 0 Å². The third-order valence-corrected chi connectivity index (χ3v) is 0. The topological polar surface area (TPSA) is 57.5 Å². The molecule has 2 N–H and O–H groups in total. The van der Waals surface area contributed by atoms with E-state index in [4.69, 9.17) is 15.0 Å². The predicted molar refractivity (Wildman–Crippen MR) is 10.7 cm³/mol. The van der Waals surface area contributed by atoms with Crippen molar-refractivity contribution in [2.75, 3.05) is 0 Å². The molecule has 0 fully saturated rings. The first-order chi connectivity index (χ1) is 1.73. The Kier molecular flexibility index (Phi) is 9.05. The predicted octanol–water partition coefficient (Wildman–Crippen LogP) is 0.222. The molecule has 0 rings (SSSR count). The quantitative estimate of drug-likeness (QED) is 0.669. The summed E-state index contributed by atoms with van der Waals surface area (Å²) in [6, 6.07) is 0. The molecule has 0 amide bonds. The molecule has 5 heavy (non-hydrogen) atoms. The van der Waals surface area contributed by atoms with Gasteiger partial charge in [0.05, 0.1) is 0 Å². The van der Waals surface area contributed by atoms with Crippen LogP contribution in [0.15, 0.2) is 0 Å². The molecule has 3 nitrogen and oxygen atoms in total. The zero-order valence-electron chi connectivity index (χ0n) is 2.80. The van der Waals surface area contributed by atoms with Crippen molar-refractivity contribution in [1.29, 1.82) is 0 Å². The minimum Gasteiger partial charge on any atom is -0.450 e. The SMILES string of the molecule is O=C(O)O.[Fr]. The Morgan fingerprint density at radius 1 is 1.40 bits per heavy atom. The fourth-order valence-electron chi connectivity index (χ4n) is 0. The normalized spacial score (nSPS) is 4.80. The molecule has 0 saturated carbocycles. The van der Waals surface area contributed by atoms with E-state index in [1.54, 1.807) is 0 Å². The van der Waals surface area contributed by atoms with Crippen molar-refractivity contribution in [1.82, 2.24) is 0 Å². The van der Waals surface area contributed by atoms with Gasteiger partial charge in [0.2, 0.25) is 0 Å². The molecule has 0 saturated heterocycles. The fraction of sp³-hybridized carbons (Fsp3) is 0. The summed E-state index contributed by atoms with van der Waals surface area (Å²) in [6.45, 7) is 0. The Morgan fingerprint density at radius 3 is 1.40 bits per heavy atom. The second-order valence-corrected chi connectivity index (χ2v) is 0.283. The van der Waals surface area contributed by atoms with Gasteiger partial charge >= 0.3 is 6.16 Å². The van der Waals surface area contributed by atoms with Crippen molar-refractivity contribution in [3.63, 3.8) is 0 Å². The van der Waals surface area contributed by atoms with Gasteiger partial charge < -0.3 is 10.2 Å². The molecule has 0 aliphatic carbocycles. The average molecular weight is 285 g/mol. The zero-order chi connectivity index (χ0) is 3.58. The number of hydrogen-bond donors (Lipinski definition) is 2. The van der Waals surface area contributed by atoms with Gasteiger partial charge in [-0.05, 0) is 0 Å². The molecule has 4 heteroatoms. The second kappa shape index (κ2) is 4.87. The van der Waals surface area contributed by atoms with Crippen LogP contribution in [0, 0.1) is 49.9 Å². The molecular formula is CH2FrO3. The second-order valence-electron chi connectivity index (χ2n) is 0.283. The van der Waals surface area contributed by atoms with Gasteiger partial charge in [0.25, 0.3) is 0 Å². The van der Waals surface area contributed by atoms with E-state index < -0.39 is 6.16 Å². The van der Waals surface area contributed by atoms with Gasteiger partial charge in [-0.15, -0.1) is 0 Å². The fourth-order valence-corrected chi connectivity index (χ4v) is 0. The van der Waals surface area contributed by atoms with Gasteiger partial charge in [-0.3, -0.25) is 0 Å². The minimum absolute atomic E-state index is 0. The van der Waals surface area contributed by atoms with Crippen molar-refractivity contribution < 1.29 is 64.9 Å². The van der Waals surface area contributed by atoms with Crippen molar-refractivity contribution in [2.45, 2.75) is 0 Å². The van der Waals surface area contributed by atoms with Gasteiger partial charge in [-0.1, -0.05) is 0 Å². The molecule has 0 atom stereocenters. The molecule has 0 heterocycles. The van der Waals surface area contributed by atoms with Gasteiger partial charge in [0, 0.05) is 49.9 Å². The monoisotopic (exact) mass is 285 g/mol. The number of carboxylic acid groups (broad SMARTS) is 2. The number of hydrogen-bond acceptors (Lipinski definition) is 1. The van der Waals surface area contributed by atoms with Crippen LogP contribution >= 0.6 is 0 Å². The summed E-state index contributed by atoms with van der Waals surface area (Å²) >= 11 is 0. The molecule has 0 aliphatic rings. The number of carbonyl (C=O) groups is 1. The van der Waals surface area contributed by atoms with Crippen molar-refractivity contribution in [2.24, 2.45) is 0 Å². The van der Waals surface area contributed by atoms with E-state index >= 15 is 0 Å². The summed E-state index contributed by atoms with van der Waals surface area (Å²) in [5.41, 5.74) is 0. The smallest absolute Gasteiger partial charge is 0.450 e. The van der Waals surface area contributed by atoms with Crippen LogP contribution in [0.3, 0.4) is 0 Å². The van der Waals surface area contributed by atoms with E-state index in [-0.39, 0.29) is 49.9 Å². The summed E-state index contributed by atoms with van der Waals surface area (Å²) < 4.78 is 0. The molecule has 1 radical (unpaired) electrons. The molecule has 0 aromatic rings. The van der Waals surface area contributed by atoms with Crippen molar-refractivity contribution in [3.8, 4) is 0 Å². The van der Waals surface area contributed by atoms with Crippen LogP contribution in [0.5, 0.6) is 0 Å². The Labute approximate surface area is 70.0 Å². The summed E-state index contributed by atoms with van der Waals surface area (Å²) in [5, 5.41) is 13.9. The standard InChI is InChI=1S/CH2O3.Fr/c2-1(3)4;/h(H2,2,3,4);. The molecule has 0 aliphatic heterocycles. The number of rotatable bonds is 0. The van der Waals surface area contributed by atoms with Crippen LogP contribution < -0.4 is 0 Å². The Morgan fingerprint density at radius 2 is 1.40 bits per heavy atom. The van der Waals surface area contributed by atoms with Crippen LogP contribution in [-0.2, 0) is 0 Å². The first-order valence-electron chi connectivity index (χ1n) is 0.651. The summed E-state index contributed by atoms with van der Waals surface area (Å²) in [4.78, 5) is 8.56. The van der Waals surface area contributed by atoms with E-state index in [0.717, 1.165) is 0 Å². The van der Waals surface area contributed by atoms with Crippen molar-refractivity contribution >= 4 is 6.16 Å². The third kappa shape index (κ3) is 53.2. The molecule has 0 aromatic heterocycles. The van der Waals surface area contributed by atoms with Crippen LogP contribution in [0.4, 0.5) is 4.79 Å². The van der Waals surface area contributed by atoms with E-state index in [9.17, 15) is 0 Å². The van der Waals surface area contributed by atoms with Gasteiger partial charge in [0.1, 0.15) is 0 Å². The summed E-state index contributed by atoms with van der Waals surface area (Å²) in [7, 11) is 0. The van der Waals surface area contributed by atoms with E-state index in [2.05, 4.69) is 0 Å². The first kappa shape index (κ1) is 9.29. The van der Waals surface area contributed by atoms with Gasteiger partial charge in [-0.2, -0.15) is 0 Å². The third-order valence-electron chi connectivity index (χ3n) is 0. The van der Waals surface area contributed by atoms with E-state index in [1.165, 1.54) is 0 Å². The Bertz CT molecular complexity index is 29.9. The molecule has 25 valence electrons. The van der Waals surface area contributed by atoms with Gasteiger partial charge in [-0.25, -0.2) is 4.79 Å². The maximum Gasteiger partial charge on any atom is 0.503 e. The largest absolute Gasteiger partial charge is 0.503 e. The zero-order valence-corrected chi connectivity index (χ0v) is 11.0. The van der Waals surface area contributed by atoms with Crippen LogP contribution in [0.25, 0.3) is 0 Å². The van der Waals surface area contributed by atoms with E-state index in [0.29, 0.717) is 0 Å². The molecule has 0 spiro atoms. The summed E-state index contributed by atoms with van der Waals surface area (Å²) in [6.07, 6.45) is -1.83. The average Bonchev–Trinajstić information content (AvgIpc) is 0.811. The summed E-state index contributed by atoms with van der Waals surface area (Å²) in [5.74, 6) is 0. The Hall–Kier alpha value is 0.867. The van der Waals surface area contributed by atoms with E-state index in [1.807, 2.05) is 0 Å². The minimum atomic E-state index is -1.83. The maximum absolute atomic E-state index is 8.56. The van der Waals surface area contributed by atoms with Crippen LogP contribution in [-0.4, -0.2) is 16.4 Å². The molecular weight excluding hydrogens is 283 g/mol. The molecule has 0 bridgehead atoms. The first-order valence-corrected chi connectivity index (χ1v) is 0.651. The molecule has 0 aromatic carbocycles.